The first-order valence-electron chi connectivity index (χ1n) is 6.62. The van der Waals surface area contributed by atoms with Crippen LogP contribution in [0.1, 0.15) is 20.8 Å². The summed E-state index contributed by atoms with van der Waals surface area (Å²) in [5.41, 5.74) is 1.61. The lowest BCUT2D eigenvalue weighted by Gasteiger charge is -2.17. The van der Waals surface area contributed by atoms with Crippen molar-refractivity contribution < 1.29 is 4.79 Å². The maximum atomic E-state index is 11.9. The molecular formula is C14H19N5OS. The third-order valence-electron chi connectivity index (χ3n) is 2.66. The molecule has 1 N–H and O–H groups in total. The van der Waals surface area contributed by atoms with E-state index in [1.807, 2.05) is 24.3 Å². The second kappa shape index (κ2) is 6.26. The molecule has 0 bridgehead atoms. The van der Waals surface area contributed by atoms with Gasteiger partial charge in [-0.1, -0.05) is 32.9 Å². The molecule has 7 heteroatoms. The lowest BCUT2D eigenvalue weighted by Crippen LogP contribution is -2.18. The van der Waals surface area contributed by atoms with Gasteiger partial charge in [0.1, 0.15) is 0 Å². The molecule has 1 amide bonds. The Kier molecular flexibility index (Phi) is 4.62. The fourth-order valence-electron chi connectivity index (χ4n) is 1.69. The summed E-state index contributed by atoms with van der Waals surface area (Å²) in [6.45, 7) is 6.27. The molecule has 1 aromatic heterocycles. The van der Waals surface area contributed by atoms with Crippen LogP contribution in [0.2, 0.25) is 0 Å². The van der Waals surface area contributed by atoms with Crippen molar-refractivity contribution in [1.29, 1.82) is 0 Å². The van der Waals surface area contributed by atoms with Crippen molar-refractivity contribution in [1.82, 2.24) is 20.2 Å². The average molecular weight is 305 g/mol. The summed E-state index contributed by atoms with van der Waals surface area (Å²) in [6, 6.07) is 7.50. The molecule has 0 unspecified atom stereocenters. The zero-order valence-corrected chi connectivity index (χ0v) is 13.4. The quantitative estimate of drug-likeness (QED) is 0.938. The van der Waals surface area contributed by atoms with Gasteiger partial charge in [-0.25, -0.2) is 4.68 Å². The van der Waals surface area contributed by atoms with Gasteiger partial charge in [0.05, 0.1) is 5.75 Å². The molecule has 0 saturated carbocycles. The zero-order chi connectivity index (χ0) is 15.5. The van der Waals surface area contributed by atoms with Gasteiger partial charge in [0, 0.05) is 23.0 Å². The van der Waals surface area contributed by atoms with Crippen molar-refractivity contribution in [3.8, 4) is 11.4 Å². The van der Waals surface area contributed by atoms with Crippen LogP contribution in [0.3, 0.4) is 0 Å². The second-order valence-corrected chi connectivity index (χ2v) is 7.46. The molecule has 0 fully saturated rings. The van der Waals surface area contributed by atoms with Crippen LogP contribution >= 0.6 is 11.8 Å². The summed E-state index contributed by atoms with van der Waals surface area (Å²) in [7, 11) is 1.78. The molecule has 2 rings (SSSR count). The highest BCUT2D eigenvalue weighted by molar-refractivity contribution is 8.01. The van der Waals surface area contributed by atoms with Crippen molar-refractivity contribution in [2.24, 2.45) is 7.05 Å². The van der Waals surface area contributed by atoms with Gasteiger partial charge >= 0.3 is 0 Å². The first kappa shape index (κ1) is 15.5. The normalized spacial score (nSPS) is 11.4. The number of nitrogens with zero attached hydrogens (tertiary/aromatic N) is 4. The van der Waals surface area contributed by atoms with Gasteiger partial charge in [-0.3, -0.25) is 4.79 Å². The topological polar surface area (TPSA) is 72.7 Å². The number of hydrogen-bond donors (Lipinski definition) is 1. The molecule has 1 heterocycles. The molecule has 0 saturated heterocycles. The Balaban J connectivity index is 2.05. The van der Waals surface area contributed by atoms with Crippen molar-refractivity contribution in [3.05, 3.63) is 24.3 Å². The van der Waals surface area contributed by atoms with Gasteiger partial charge in [-0.15, -0.1) is 16.9 Å². The van der Waals surface area contributed by atoms with Gasteiger partial charge in [-0.05, 0) is 22.6 Å². The summed E-state index contributed by atoms with van der Waals surface area (Å²) in [4.78, 5) is 11.9. The highest BCUT2D eigenvalue weighted by Crippen LogP contribution is 2.24. The Bertz CT molecular complexity index is 632. The molecular weight excluding hydrogens is 286 g/mol. The maximum Gasteiger partial charge on any atom is 0.234 e. The molecule has 0 aliphatic heterocycles. The Morgan fingerprint density at radius 2 is 2.14 bits per heavy atom. The van der Waals surface area contributed by atoms with Crippen molar-refractivity contribution in [2.75, 3.05) is 11.1 Å². The third kappa shape index (κ3) is 4.56. The van der Waals surface area contributed by atoms with Crippen LogP contribution in [0.25, 0.3) is 11.4 Å². The molecule has 6 nitrogen and oxygen atoms in total. The number of tetrazole rings is 1. The molecule has 2 aromatic rings. The van der Waals surface area contributed by atoms with E-state index in [1.165, 1.54) is 0 Å². The van der Waals surface area contributed by atoms with Crippen LogP contribution < -0.4 is 5.32 Å². The average Bonchev–Trinajstić information content (AvgIpc) is 2.82. The van der Waals surface area contributed by atoms with Crippen molar-refractivity contribution >= 4 is 23.4 Å². The molecule has 1 aromatic carbocycles. The predicted molar refractivity (Wildman–Crippen MR) is 85.1 cm³/mol. The number of anilines is 1. The van der Waals surface area contributed by atoms with E-state index in [0.29, 0.717) is 11.6 Å². The van der Waals surface area contributed by atoms with E-state index in [2.05, 4.69) is 41.6 Å². The Morgan fingerprint density at radius 1 is 1.38 bits per heavy atom. The minimum absolute atomic E-state index is 0.0110. The smallest absolute Gasteiger partial charge is 0.234 e. The van der Waals surface area contributed by atoms with E-state index in [4.69, 9.17) is 0 Å². The Labute approximate surface area is 128 Å². The molecule has 21 heavy (non-hydrogen) atoms. The van der Waals surface area contributed by atoms with Crippen molar-refractivity contribution in [3.63, 3.8) is 0 Å². The minimum atomic E-state index is -0.0110. The monoisotopic (exact) mass is 305 g/mol. The fourth-order valence-corrected chi connectivity index (χ4v) is 2.33. The molecule has 0 atom stereocenters. The number of hydrogen-bond acceptors (Lipinski definition) is 5. The summed E-state index contributed by atoms with van der Waals surface area (Å²) in [5, 5.41) is 14.3. The van der Waals surface area contributed by atoms with E-state index >= 15 is 0 Å². The lowest BCUT2D eigenvalue weighted by atomic mass is 10.2. The van der Waals surface area contributed by atoms with Gasteiger partial charge in [-0.2, -0.15) is 0 Å². The third-order valence-corrected chi connectivity index (χ3v) is 3.93. The first-order valence-corrected chi connectivity index (χ1v) is 7.60. The van der Waals surface area contributed by atoms with E-state index in [9.17, 15) is 4.79 Å². The Hall–Kier alpha value is -1.89. The van der Waals surface area contributed by atoms with Gasteiger partial charge in [0.2, 0.25) is 5.91 Å². The molecule has 112 valence electrons. The number of carbonyl (C=O) groups is 1. The number of amides is 1. The van der Waals surface area contributed by atoms with Gasteiger partial charge in [0.15, 0.2) is 5.82 Å². The summed E-state index contributed by atoms with van der Waals surface area (Å²) < 4.78 is 1.67. The number of benzene rings is 1. The summed E-state index contributed by atoms with van der Waals surface area (Å²) in [5.74, 6) is 1.08. The van der Waals surface area contributed by atoms with E-state index in [1.54, 1.807) is 23.5 Å². The van der Waals surface area contributed by atoms with Gasteiger partial charge in [0.25, 0.3) is 0 Å². The molecule has 0 radical (unpaired) electrons. The SMILES string of the molecule is Cn1nnnc1-c1cccc(NC(=O)CSC(C)(C)C)c1. The number of carbonyl (C=O) groups excluding carboxylic acids is 1. The Morgan fingerprint density at radius 3 is 2.76 bits per heavy atom. The predicted octanol–water partition coefficient (Wildman–Crippen LogP) is 2.35. The van der Waals surface area contributed by atoms with Crippen LogP contribution in [-0.2, 0) is 11.8 Å². The fraction of sp³-hybridized carbons (Fsp3) is 0.429. The van der Waals surface area contributed by atoms with Crippen molar-refractivity contribution in [2.45, 2.75) is 25.5 Å². The maximum absolute atomic E-state index is 11.9. The number of thioether (sulfide) groups is 1. The van der Waals surface area contributed by atoms with Crippen LogP contribution in [0, 0.1) is 0 Å². The van der Waals surface area contributed by atoms with Crippen LogP contribution in [-0.4, -0.2) is 36.6 Å². The van der Waals surface area contributed by atoms with E-state index < -0.39 is 0 Å². The van der Waals surface area contributed by atoms with E-state index in [-0.39, 0.29) is 10.7 Å². The van der Waals surface area contributed by atoms with Gasteiger partial charge < -0.3 is 5.32 Å². The summed E-state index contributed by atoms with van der Waals surface area (Å²) in [6.07, 6.45) is 0. The second-order valence-electron chi connectivity index (χ2n) is 5.66. The minimum Gasteiger partial charge on any atom is -0.325 e. The standard InChI is InChI=1S/C14H19N5OS/c1-14(2,3)21-9-12(20)15-11-7-5-6-10(8-11)13-16-17-18-19(13)4/h5-8H,9H2,1-4H3,(H,15,20). The number of aromatic nitrogens is 4. The van der Waals surface area contributed by atoms with Crippen LogP contribution in [0.4, 0.5) is 5.69 Å². The van der Waals surface area contributed by atoms with Crippen LogP contribution in [0.15, 0.2) is 24.3 Å². The highest BCUT2D eigenvalue weighted by atomic mass is 32.2. The van der Waals surface area contributed by atoms with E-state index in [0.717, 1.165) is 11.3 Å². The lowest BCUT2D eigenvalue weighted by molar-refractivity contribution is -0.113. The number of aryl methyl sites for hydroxylation is 1. The molecule has 0 aliphatic rings. The number of nitrogens with one attached hydrogen (secondary N) is 1. The van der Waals surface area contributed by atoms with Crippen LogP contribution in [0.5, 0.6) is 0 Å². The summed E-state index contributed by atoms with van der Waals surface area (Å²) >= 11 is 1.62. The highest BCUT2D eigenvalue weighted by Gasteiger charge is 2.14. The first-order chi connectivity index (χ1) is 9.85. The largest absolute Gasteiger partial charge is 0.325 e. The molecule has 0 spiro atoms. The molecule has 0 aliphatic carbocycles. The zero-order valence-electron chi connectivity index (χ0n) is 12.6. The number of rotatable bonds is 4.